The van der Waals surface area contributed by atoms with Crippen LogP contribution < -0.4 is 5.32 Å². The Morgan fingerprint density at radius 2 is 1.62 bits per heavy atom. The van der Waals surface area contributed by atoms with Crippen molar-refractivity contribution in [2.75, 3.05) is 20.6 Å². The summed E-state index contributed by atoms with van der Waals surface area (Å²) in [6.07, 6.45) is 1.24. The summed E-state index contributed by atoms with van der Waals surface area (Å²) in [6, 6.07) is 21.7. The molecule has 0 aromatic heterocycles. The highest BCUT2D eigenvalue weighted by Crippen LogP contribution is 2.37. The highest BCUT2D eigenvalue weighted by atomic mass is 35.5. The molecule has 2 aromatic rings. The van der Waals surface area contributed by atoms with Crippen LogP contribution in [0, 0.1) is 17.2 Å². The minimum Gasteiger partial charge on any atom is -0.338 e. The Kier molecular flexibility index (Phi) is 8.05. The summed E-state index contributed by atoms with van der Waals surface area (Å²) in [7, 11) is 3.83. The molecule has 0 aliphatic rings. The van der Waals surface area contributed by atoms with E-state index >= 15 is 0 Å². The number of benzene rings is 2. The van der Waals surface area contributed by atoms with Crippen LogP contribution in [-0.2, 0) is 10.3 Å². The lowest BCUT2D eigenvalue weighted by Gasteiger charge is -2.40. The second kappa shape index (κ2) is 9.76. The monoisotopic (exact) mass is 369 g/mol. The van der Waals surface area contributed by atoms with Crippen LogP contribution in [0.5, 0.6) is 0 Å². The van der Waals surface area contributed by atoms with E-state index in [0.29, 0.717) is 6.54 Å². The lowest BCUT2D eigenvalue weighted by molar-refractivity contribution is -0.118. The number of rotatable bonds is 7. The first-order chi connectivity index (χ1) is 12.0. The highest BCUT2D eigenvalue weighted by Gasteiger charge is 2.43. The SMILES string of the molecule is C=CC(=O)NC(c1ccccc1)(c1ccccc1)C(C#N)CN(C)C.Cl. The Balaban J connectivity index is 0.00000338. The lowest BCUT2D eigenvalue weighted by atomic mass is 9.73. The summed E-state index contributed by atoms with van der Waals surface area (Å²) in [5.41, 5.74) is 0.766. The molecule has 0 saturated carbocycles. The number of amides is 1. The van der Waals surface area contributed by atoms with Crippen molar-refractivity contribution < 1.29 is 4.79 Å². The van der Waals surface area contributed by atoms with E-state index in [1.165, 1.54) is 6.08 Å². The van der Waals surface area contributed by atoms with Gasteiger partial charge in [-0.05, 0) is 31.3 Å². The molecule has 0 aliphatic heterocycles. The molecule has 0 heterocycles. The second-order valence-corrected chi connectivity index (χ2v) is 6.18. The van der Waals surface area contributed by atoms with E-state index in [4.69, 9.17) is 0 Å². The topological polar surface area (TPSA) is 56.1 Å². The van der Waals surface area contributed by atoms with Gasteiger partial charge in [-0.15, -0.1) is 12.4 Å². The molecule has 136 valence electrons. The molecule has 5 heteroatoms. The van der Waals surface area contributed by atoms with E-state index in [2.05, 4.69) is 18.0 Å². The Hall–Kier alpha value is -2.61. The number of nitrogens with zero attached hydrogens (tertiary/aromatic N) is 2. The molecule has 0 fully saturated rings. The Labute approximate surface area is 161 Å². The van der Waals surface area contributed by atoms with E-state index < -0.39 is 11.5 Å². The first-order valence-electron chi connectivity index (χ1n) is 8.14. The van der Waals surface area contributed by atoms with Crippen LogP contribution in [0.25, 0.3) is 0 Å². The molecular weight excluding hydrogens is 346 g/mol. The van der Waals surface area contributed by atoms with Gasteiger partial charge in [0, 0.05) is 6.54 Å². The molecular formula is C21H24ClN3O. The first kappa shape index (κ1) is 21.4. The van der Waals surface area contributed by atoms with Crippen molar-refractivity contribution in [1.29, 1.82) is 5.26 Å². The van der Waals surface area contributed by atoms with Crippen LogP contribution >= 0.6 is 12.4 Å². The maximum absolute atomic E-state index is 12.3. The van der Waals surface area contributed by atoms with Gasteiger partial charge >= 0.3 is 0 Å². The molecule has 4 nitrogen and oxygen atoms in total. The minimum atomic E-state index is -0.965. The van der Waals surface area contributed by atoms with Crippen LogP contribution in [0.2, 0.25) is 0 Å². The Morgan fingerprint density at radius 1 is 1.15 bits per heavy atom. The quantitative estimate of drug-likeness (QED) is 0.761. The van der Waals surface area contributed by atoms with Crippen LogP contribution in [-0.4, -0.2) is 31.4 Å². The van der Waals surface area contributed by atoms with Crippen LogP contribution in [0.3, 0.4) is 0 Å². The number of nitriles is 1. The summed E-state index contributed by atoms with van der Waals surface area (Å²) < 4.78 is 0. The maximum atomic E-state index is 12.3. The zero-order chi connectivity index (χ0) is 18.3. The molecule has 0 spiro atoms. The number of nitrogens with one attached hydrogen (secondary N) is 1. The summed E-state index contributed by atoms with van der Waals surface area (Å²) in [4.78, 5) is 14.3. The third kappa shape index (κ3) is 4.51. The molecule has 26 heavy (non-hydrogen) atoms. The van der Waals surface area contributed by atoms with E-state index in [0.717, 1.165) is 11.1 Å². The molecule has 1 unspecified atom stereocenters. The molecule has 0 saturated heterocycles. The molecule has 1 N–H and O–H groups in total. The predicted octanol–water partition coefficient (Wildman–Crippen LogP) is 3.36. The Morgan fingerprint density at radius 3 is 1.96 bits per heavy atom. The number of carbonyl (C=O) groups excluding carboxylic acids is 1. The van der Waals surface area contributed by atoms with Gasteiger partial charge in [-0.25, -0.2) is 0 Å². The van der Waals surface area contributed by atoms with Crippen molar-refractivity contribution in [3.63, 3.8) is 0 Å². The van der Waals surface area contributed by atoms with Gasteiger partial charge in [0.1, 0.15) is 5.54 Å². The molecule has 2 aromatic carbocycles. The fraction of sp³-hybridized carbons (Fsp3) is 0.238. The van der Waals surface area contributed by atoms with Gasteiger partial charge in [-0.3, -0.25) is 4.79 Å². The van der Waals surface area contributed by atoms with Crippen molar-refractivity contribution in [2.45, 2.75) is 5.54 Å². The van der Waals surface area contributed by atoms with Gasteiger partial charge in [0.25, 0.3) is 0 Å². The normalized spacial score (nSPS) is 11.8. The zero-order valence-electron chi connectivity index (χ0n) is 15.1. The Bertz CT molecular complexity index is 714. The average molecular weight is 370 g/mol. The number of halogens is 1. The van der Waals surface area contributed by atoms with Gasteiger partial charge in [0.2, 0.25) is 5.91 Å². The van der Waals surface area contributed by atoms with Gasteiger partial charge in [0.05, 0.1) is 12.0 Å². The van der Waals surface area contributed by atoms with E-state index in [1.54, 1.807) is 0 Å². The van der Waals surface area contributed by atoms with Gasteiger partial charge in [0.15, 0.2) is 0 Å². The third-order valence-corrected chi connectivity index (χ3v) is 4.19. The van der Waals surface area contributed by atoms with E-state index in [-0.39, 0.29) is 18.3 Å². The van der Waals surface area contributed by atoms with Crippen LogP contribution in [0.15, 0.2) is 73.3 Å². The standard InChI is InChI=1S/C21H23N3O.ClH/c1-4-20(25)23-21(17-11-7-5-8-12-17,18-13-9-6-10-14-18)19(15-22)16-24(2)3;/h4-14,19H,1,16H2,2-3H3,(H,23,25);1H. The predicted molar refractivity (Wildman–Crippen MR) is 107 cm³/mol. The highest BCUT2D eigenvalue weighted by molar-refractivity contribution is 5.88. The average Bonchev–Trinajstić information content (AvgIpc) is 2.65. The molecule has 0 bridgehead atoms. The van der Waals surface area contributed by atoms with E-state index in [1.807, 2.05) is 79.7 Å². The summed E-state index contributed by atoms with van der Waals surface area (Å²) in [6.45, 7) is 4.07. The van der Waals surface area contributed by atoms with Gasteiger partial charge in [-0.2, -0.15) is 5.26 Å². The molecule has 1 atom stereocenters. The molecule has 1 amide bonds. The number of hydrogen-bond donors (Lipinski definition) is 1. The van der Waals surface area contributed by atoms with Crippen molar-refractivity contribution in [2.24, 2.45) is 5.92 Å². The van der Waals surface area contributed by atoms with Crippen molar-refractivity contribution >= 4 is 18.3 Å². The van der Waals surface area contributed by atoms with Crippen molar-refractivity contribution in [1.82, 2.24) is 10.2 Å². The summed E-state index contributed by atoms with van der Waals surface area (Å²) in [5, 5.41) is 13.0. The smallest absolute Gasteiger partial charge is 0.244 e. The molecule has 0 radical (unpaired) electrons. The largest absolute Gasteiger partial charge is 0.338 e. The summed E-state index contributed by atoms with van der Waals surface area (Å²) >= 11 is 0. The zero-order valence-corrected chi connectivity index (χ0v) is 15.9. The number of hydrogen-bond acceptors (Lipinski definition) is 3. The fourth-order valence-electron chi connectivity index (χ4n) is 3.09. The van der Waals surface area contributed by atoms with Crippen molar-refractivity contribution in [3.8, 4) is 6.07 Å². The lowest BCUT2D eigenvalue weighted by Crippen LogP contribution is -2.53. The molecule has 0 aliphatic carbocycles. The second-order valence-electron chi connectivity index (χ2n) is 6.18. The van der Waals surface area contributed by atoms with Crippen LogP contribution in [0.4, 0.5) is 0 Å². The first-order valence-corrected chi connectivity index (χ1v) is 8.14. The fourth-order valence-corrected chi connectivity index (χ4v) is 3.09. The number of carbonyl (C=O) groups is 1. The third-order valence-electron chi connectivity index (χ3n) is 4.19. The minimum absolute atomic E-state index is 0. The van der Waals surface area contributed by atoms with Gasteiger partial charge in [-0.1, -0.05) is 67.2 Å². The van der Waals surface area contributed by atoms with Gasteiger partial charge < -0.3 is 10.2 Å². The molecule has 2 rings (SSSR count). The van der Waals surface area contributed by atoms with Crippen molar-refractivity contribution in [3.05, 3.63) is 84.4 Å². The maximum Gasteiger partial charge on any atom is 0.244 e. The summed E-state index contributed by atoms with van der Waals surface area (Å²) in [5.74, 6) is -0.803. The van der Waals surface area contributed by atoms with E-state index in [9.17, 15) is 10.1 Å². The van der Waals surface area contributed by atoms with Crippen LogP contribution in [0.1, 0.15) is 11.1 Å².